The Bertz CT molecular complexity index is 1300. The Morgan fingerprint density at radius 2 is 1.91 bits per heavy atom. The lowest BCUT2D eigenvalue weighted by Crippen LogP contribution is -1.88. The van der Waals surface area contributed by atoms with Gasteiger partial charge in [0.15, 0.2) is 0 Å². The van der Waals surface area contributed by atoms with E-state index in [1.54, 1.807) is 24.3 Å². The summed E-state index contributed by atoms with van der Waals surface area (Å²) in [6.45, 7) is -7.41. The predicted molar refractivity (Wildman–Crippen MR) is 96.8 cm³/mol. The standard InChI is InChI=1S/C20H17NS/c1-12-7-8-15-16-5-4-6-17(20(16)22-19(15)9-12)18-10-13(2)14(3)11-21-18/h4-11H,1-3H3/i1D3,2D3,3D3. The molecule has 0 atom stereocenters. The van der Waals surface area contributed by atoms with Gasteiger partial charge in [0.05, 0.1) is 5.69 Å². The highest BCUT2D eigenvalue weighted by atomic mass is 32.1. The summed E-state index contributed by atoms with van der Waals surface area (Å²) >= 11 is 1.39. The minimum Gasteiger partial charge on any atom is -0.256 e. The topological polar surface area (TPSA) is 12.9 Å². The molecule has 0 aliphatic heterocycles. The van der Waals surface area contributed by atoms with Gasteiger partial charge in [0.25, 0.3) is 0 Å². The van der Waals surface area contributed by atoms with Crippen LogP contribution in [-0.2, 0) is 0 Å². The third kappa shape index (κ3) is 2.03. The fourth-order valence-corrected chi connectivity index (χ4v) is 3.87. The van der Waals surface area contributed by atoms with Crippen LogP contribution in [0, 0.1) is 20.6 Å². The molecule has 0 N–H and O–H groups in total. The van der Waals surface area contributed by atoms with E-state index in [9.17, 15) is 0 Å². The maximum Gasteiger partial charge on any atom is 0.0719 e. The summed E-state index contributed by atoms with van der Waals surface area (Å²) in [7, 11) is 0. The van der Waals surface area contributed by atoms with Gasteiger partial charge >= 0.3 is 0 Å². The molecule has 2 aromatic heterocycles. The Hall–Kier alpha value is -2.19. The molecule has 4 aromatic rings. The highest BCUT2D eigenvalue weighted by molar-refractivity contribution is 7.26. The van der Waals surface area contributed by atoms with Gasteiger partial charge in [-0.15, -0.1) is 11.3 Å². The molecule has 1 nitrogen and oxygen atoms in total. The van der Waals surface area contributed by atoms with Crippen LogP contribution in [0.15, 0.2) is 48.7 Å². The molecule has 0 amide bonds. The molecule has 4 rings (SSSR count). The summed E-state index contributed by atoms with van der Waals surface area (Å²) in [4.78, 5) is 4.27. The van der Waals surface area contributed by atoms with Gasteiger partial charge in [0, 0.05) is 44.3 Å². The Labute approximate surface area is 146 Å². The van der Waals surface area contributed by atoms with Gasteiger partial charge in [-0.25, -0.2) is 0 Å². The third-order valence-corrected chi connectivity index (χ3v) is 4.88. The molecule has 2 heterocycles. The van der Waals surface area contributed by atoms with Crippen LogP contribution in [0.2, 0.25) is 0 Å². The summed E-state index contributed by atoms with van der Waals surface area (Å²) in [5.41, 5.74) is 0.726. The maximum atomic E-state index is 7.79. The van der Waals surface area contributed by atoms with E-state index in [4.69, 9.17) is 12.3 Å². The van der Waals surface area contributed by atoms with Gasteiger partial charge < -0.3 is 0 Å². The van der Waals surface area contributed by atoms with Crippen LogP contribution in [0.1, 0.15) is 29.0 Å². The third-order valence-electron chi connectivity index (χ3n) is 3.68. The molecule has 0 saturated carbocycles. The van der Waals surface area contributed by atoms with Crippen LogP contribution in [0.4, 0.5) is 0 Å². The number of rotatable bonds is 1. The average Bonchev–Trinajstić information content (AvgIpc) is 3.03. The first-order valence-electron chi connectivity index (χ1n) is 11.2. The zero-order valence-electron chi connectivity index (χ0n) is 20.5. The van der Waals surface area contributed by atoms with E-state index in [1.807, 2.05) is 12.1 Å². The molecule has 0 unspecified atom stereocenters. The van der Waals surface area contributed by atoms with Crippen LogP contribution in [0.25, 0.3) is 31.4 Å². The monoisotopic (exact) mass is 312 g/mol. The molecule has 2 heteroatoms. The number of hydrogen-bond donors (Lipinski definition) is 0. The molecule has 2 aromatic carbocycles. The van der Waals surface area contributed by atoms with Crippen molar-refractivity contribution in [2.45, 2.75) is 20.6 Å². The van der Waals surface area contributed by atoms with Crippen LogP contribution in [-0.4, -0.2) is 4.98 Å². The molecular formula is C20H17NS. The lowest BCUT2D eigenvalue weighted by Gasteiger charge is -2.05. The Morgan fingerprint density at radius 3 is 2.77 bits per heavy atom. The van der Waals surface area contributed by atoms with Crippen molar-refractivity contribution in [3.05, 3.63) is 65.4 Å². The fourth-order valence-electron chi connectivity index (χ4n) is 2.60. The Balaban J connectivity index is 1.96. The molecule has 108 valence electrons. The maximum absolute atomic E-state index is 7.79. The zero-order chi connectivity index (χ0) is 22.8. The van der Waals surface area contributed by atoms with Gasteiger partial charge in [-0.05, 0) is 49.4 Å². The largest absolute Gasteiger partial charge is 0.256 e. The number of benzene rings is 2. The lowest BCUT2D eigenvalue weighted by atomic mass is 10.0. The zero-order valence-corrected chi connectivity index (χ0v) is 12.3. The van der Waals surface area contributed by atoms with Crippen LogP contribution in [0.5, 0.6) is 0 Å². The quantitative estimate of drug-likeness (QED) is 0.417. The molecule has 0 saturated heterocycles. The van der Waals surface area contributed by atoms with Crippen molar-refractivity contribution in [1.82, 2.24) is 4.98 Å². The van der Waals surface area contributed by atoms with Gasteiger partial charge in [-0.1, -0.05) is 30.3 Å². The molecular weight excluding hydrogens is 286 g/mol. The van der Waals surface area contributed by atoms with Gasteiger partial charge in [0.2, 0.25) is 0 Å². The predicted octanol–water partition coefficient (Wildman–Crippen LogP) is 6.04. The van der Waals surface area contributed by atoms with Crippen molar-refractivity contribution in [3.8, 4) is 11.3 Å². The van der Waals surface area contributed by atoms with Gasteiger partial charge in [0.1, 0.15) is 0 Å². The van der Waals surface area contributed by atoms with Crippen molar-refractivity contribution >= 4 is 31.5 Å². The van der Waals surface area contributed by atoms with Crippen molar-refractivity contribution in [3.63, 3.8) is 0 Å². The second-order valence-electron chi connectivity index (χ2n) is 5.11. The van der Waals surface area contributed by atoms with Crippen LogP contribution < -0.4 is 0 Å². The summed E-state index contributed by atoms with van der Waals surface area (Å²) in [5.74, 6) is 0. The van der Waals surface area contributed by atoms with Gasteiger partial charge in [-0.3, -0.25) is 4.98 Å². The SMILES string of the molecule is [2H]C([2H])([2H])c1ccc2c(c1)sc1c(-c3cc(C([2H])([2H])[2H])c(C([2H])([2H])[2H])cn3)cccc12. The van der Waals surface area contributed by atoms with E-state index in [1.165, 1.54) is 17.4 Å². The van der Waals surface area contributed by atoms with E-state index >= 15 is 0 Å². The van der Waals surface area contributed by atoms with E-state index in [-0.39, 0.29) is 16.7 Å². The Kier molecular flexibility index (Phi) is 1.55. The summed E-state index contributed by atoms with van der Waals surface area (Å²) in [6, 6.07) is 11.9. The molecule has 0 aliphatic rings. The van der Waals surface area contributed by atoms with E-state index in [0.29, 0.717) is 11.3 Å². The fraction of sp³-hybridized carbons (Fsp3) is 0.150. The van der Waals surface area contributed by atoms with Crippen molar-refractivity contribution in [1.29, 1.82) is 0 Å². The van der Waals surface area contributed by atoms with Crippen molar-refractivity contribution in [2.75, 3.05) is 0 Å². The normalized spacial score (nSPS) is 19.2. The van der Waals surface area contributed by atoms with Crippen LogP contribution >= 0.6 is 11.3 Å². The number of aryl methyl sites for hydroxylation is 3. The number of fused-ring (bicyclic) bond motifs is 3. The molecule has 0 bridgehead atoms. The molecule has 0 spiro atoms. The summed E-state index contributed by atoms with van der Waals surface area (Å²) in [5, 5.41) is 1.79. The minimum atomic E-state index is -2.61. The highest BCUT2D eigenvalue weighted by Crippen LogP contribution is 2.39. The number of thiophene rings is 1. The second-order valence-corrected chi connectivity index (χ2v) is 6.16. The molecule has 22 heavy (non-hydrogen) atoms. The number of aromatic nitrogens is 1. The number of nitrogens with zero attached hydrogens (tertiary/aromatic N) is 1. The molecule has 0 fully saturated rings. The minimum absolute atomic E-state index is 0.248. The first-order valence-corrected chi connectivity index (χ1v) is 7.55. The number of hydrogen-bond acceptors (Lipinski definition) is 2. The first kappa shape index (κ1) is 6.93. The van der Waals surface area contributed by atoms with E-state index in [0.717, 1.165) is 26.4 Å². The highest BCUT2D eigenvalue weighted by Gasteiger charge is 2.11. The summed E-state index contributed by atoms with van der Waals surface area (Å²) in [6.07, 6.45) is 1.11. The lowest BCUT2D eigenvalue weighted by molar-refractivity contribution is 1.22. The van der Waals surface area contributed by atoms with E-state index < -0.39 is 20.6 Å². The molecule has 0 radical (unpaired) electrons. The van der Waals surface area contributed by atoms with Crippen molar-refractivity contribution < 1.29 is 12.3 Å². The van der Waals surface area contributed by atoms with Crippen LogP contribution in [0.3, 0.4) is 0 Å². The smallest absolute Gasteiger partial charge is 0.0719 e. The second kappa shape index (κ2) is 4.92. The molecule has 0 aliphatic carbocycles. The average molecular weight is 312 g/mol. The van der Waals surface area contributed by atoms with Crippen molar-refractivity contribution in [2.24, 2.45) is 0 Å². The number of pyridine rings is 1. The Morgan fingerprint density at radius 1 is 0.955 bits per heavy atom. The van der Waals surface area contributed by atoms with Gasteiger partial charge in [-0.2, -0.15) is 0 Å². The van der Waals surface area contributed by atoms with E-state index in [2.05, 4.69) is 4.98 Å². The summed E-state index contributed by atoms with van der Waals surface area (Å²) < 4.78 is 70.8. The first-order chi connectivity index (χ1) is 14.3.